The first-order valence-electron chi connectivity index (χ1n) is 10.1. The van der Waals surface area contributed by atoms with Crippen LogP contribution in [0.1, 0.15) is 18.9 Å². The van der Waals surface area contributed by atoms with Crippen LogP contribution in [0.2, 0.25) is 0 Å². The van der Waals surface area contributed by atoms with E-state index in [1.165, 1.54) is 10.3 Å². The Labute approximate surface area is 180 Å². The lowest BCUT2D eigenvalue weighted by Crippen LogP contribution is -2.07. The molecule has 0 amide bonds. The number of anilines is 1. The SMILES string of the molecule is CCOc1ccc(-c2nc3sc4cc(C)ccc4n3c2NCCCOC)cc1OC. The average molecular weight is 426 g/mol. The van der Waals surface area contributed by atoms with Crippen molar-refractivity contribution in [3.63, 3.8) is 0 Å². The second kappa shape index (κ2) is 8.93. The molecular weight excluding hydrogens is 398 g/mol. The summed E-state index contributed by atoms with van der Waals surface area (Å²) in [5.74, 6) is 2.43. The summed E-state index contributed by atoms with van der Waals surface area (Å²) in [4.78, 5) is 5.96. The number of imidazole rings is 1. The van der Waals surface area contributed by atoms with Crippen molar-refractivity contribution in [3.8, 4) is 22.8 Å². The highest BCUT2D eigenvalue weighted by molar-refractivity contribution is 7.23. The molecule has 7 heteroatoms. The lowest BCUT2D eigenvalue weighted by atomic mass is 10.1. The highest BCUT2D eigenvalue weighted by Gasteiger charge is 2.19. The maximum absolute atomic E-state index is 5.68. The van der Waals surface area contributed by atoms with Gasteiger partial charge in [-0.15, -0.1) is 0 Å². The van der Waals surface area contributed by atoms with Gasteiger partial charge in [0.2, 0.25) is 0 Å². The Morgan fingerprint density at radius 1 is 1.10 bits per heavy atom. The van der Waals surface area contributed by atoms with Gasteiger partial charge in [-0.2, -0.15) is 0 Å². The van der Waals surface area contributed by atoms with Gasteiger partial charge in [0, 0.05) is 25.8 Å². The smallest absolute Gasteiger partial charge is 0.197 e. The standard InChI is InChI=1S/C23H27N3O3S/c1-5-29-18-10-8-16(14-19(18)28-4)21-22(24-11-6-12-27-3)26-17-9-7-15(2)13-20(17)30-23(26)25-21/h7-10,13-14,24H,5-6,11-12H2,1-4H3. The normalized spacial score (nSPS) is 11.3. The van der Waals surface area contributed by atoms with Gasteiger partial charge >= 0.3 is 0 Å². The number of aromatic nitrogens is 2. The van der Waals surface area contributed by atoms with Crippen LogP contribution in [-0.4, -0.2) is 43.4 Å². The molecule has 6 nitrogen and oxygen atoms in total. The predicted molar refractivity (Wildman–Crippen MR) is 123 cm³/mol. The highest BCUT2D eigenvalue weighted by atomic mass is 32.1. The van der Waals surface area contributed by atoms with Crippen molar-refractivity contribution in [2.75, 3.05) is 39.3 Å². The molecule has 0 atom stereocenters. The lowest BCUT2D eigenvalue weighted by molar-refractivity contribution is 0.198. The molecule has 2 aromatic carbocycles. The Balaban J connectivity index is 1.84. The molecule has 4 aromatic rings. The summed E-state index contributed by atoms with van der Waals surface area (Å²) < 4.78 is 19.9. The zero-order chi connectivity index (χ0) is 21.1. The topological polar surface area (TPSA) is 57.0 Å². The van der Waals surface area contributed by atoms with Gasteiger partial charge in [0.15, 0.2) is 16.5 Å². The summed E-state index contributed by atoms with van der Waals surface area (Å²) in [5, 5.41) is 3.59. The predicted octanol–water partition coefficient (Wildman–Crippen LogP) is 5.38. The number of thiazole rings is 1. The molecule has 0 saturated heterocycles. The van der Waals surface area contributed by atoms with Crippen molar-refractivity contribution >= 4 is 32.3 Å². The van der Waals surface area contributed by atoms with Gasteiger partial charge in [0.1, 0.15) is 11.5 Å². The molecule has 0 aliphatic rings. The summed E-state index contributed by atoms with van der Waals surface area (Å²) in [6.45, 7) is 6.18. The first kappa shape index (κ1) is 20.5. The van der Waals surface area contributed by atoms with Gasteiger partial charge in [-0.05, 0) is 56.2 Å². The van der Waals surface area contributed by atoms with E-state index in [1.807, 2.05) is 25.1 Å². The van der Waals surface area contributed by atoms with Crippen LogP contribution in [0.4, 0.5) is 5.82 Å². The highest BCUT2D eigenvalue weighted by Crippen LogP contribution is 2.39. The molecule has 4 rings (SSSR count). The third-order valence-corrected chi connectivity index (χ3v) is 5.96. The van der Waals surface area contributed by atoms with E-state index in [0.29, 0.717) is 19.0 Å². The fourth-order valence-corrected chi connectivity index (χ4v) is 4.68. The van der Waals surface area contributed by atoms with Crippen molar-refractivity contribution < 1.29 is 14.2 Å². The van der Waals surface area contributed by atoms with Crippen molar-refractivity contribution in [2.24, 2.45) is 0 Å². The molecule has 158 valence electrons. The van der Waals surface area contributed by atoms with Crippen LogP contribution in [0.5, 0.6) is 11.5 Å². The molecule has 0 saturated carbocycles. The monoisotopic (exact) mass is 425 g/mol. The number of fused-ring (bicyclic) bond motifs is 3. The van der Waals surface area contributed by atoms with Crippen molar-refractivity contribution in [3.05, 3.63) is 42.0 Å². The molecule has 0 radical (unpaired) electrons. The minimum Gasteiger partial charge on any atom is -0.493 e. The van der Waals surface area contributed by atoms with Crippen LogP contribution in [0.25, 0.3) is 26.4 Å². The molecule has 0 unspecified atom stereocenters. The fourth-order valence-electron chi connectivity index (χ4n) is 3.56. The van der Waals surface area contributed by atoms with E-state index in [4.69, 9.17) is 19.2 Å². The molecule has 2 heterocycles. The van der Waals surface area contributed by atoms with Crippen molar-refractivity contribution in [2.45, 2.75) is 20.3 Å². The van der Waals surface area contributed by atoms with E-state index in [1.54, 1.807) is 25.6 Å². The third kappa shape index (κ3) is 3.82. The van der Waals surface area contributed by atoms with E-state index < -0.39 is 0 Å². The van der Waals surface area contributed by atoms with Gasteiger partial charge in [-0.1, -0.05) is 17.4 Å². The van der Waals surface area contributed by atoms with Crippen molar-refractivity contribution in [1.82, 2.24) is 9.38 Å². The number of hydrogen-bond donors (Lipinski definition) is 1. The Hall–Kier alpha value is -2.77. The largest absolute Gasteiger partial charge is 0.493 e. The van der Waals surface area contributed by atoms with E-state index >= 15 is 0 Å². The van der Waals surface area contributed by atoms with E-state index in [2.05, 4.69) is 34.8 Å². The second-order valence-electron chi connectivity index (χ2n) is 7.07. The minimum atomic E-state index is 0.591. The van der Waals surface area contributed by atoms with Crippen molar-refractivity contribution in [1.29, 1.82) is 0 Å². The Morgan fingerprint density at radius 2 is 1.97 bits per heavy atom. The van der Waals surface area contributed by atoms with Crippen LogP contribution in [0, 0.1) is 6.92 Å². The van der Waals surface area contributed by atoms with E-state index in [9.17, 15) is 0 Å². The number of aryl methyl sites for hydroxylation is 1. The number of hydrogen-bond acceptors (Lipinski definition) is 6. The maximum Gasteiger partial charge on any atom is 0.197 e. The summed E-state index contributed by atoms with van der Waals surface area (Å²) >= 11 is 1.70. The maximum atomic E-state index is 5.68. The summed E-state index contributed by atoms with van der Waals surface area (Å²) in [7, 11) is 3.39. The molecule has 0 spiro atoms. The van der Waals surface area contributed by atoms with Crippen LogP contribution in [-0.2, 0) is 4.74 Å². The lowest BCUT2D eigenvalue weighted by Gasteiger charge is -2.12. The fraction of sp³-hybridized carbons (Fsp3) is 0.348. The number of methoxy groups -OCH3 is 2. The third-order valence-electron chi connectivity index (χ3n) is 4.96. The molecule has 0 aliphatic carbocycles. The zero-order valence-electron chi connectivity index (χ0n) is 17.8. The first-order valence-corrected chi connectivity index (χ1v) is 10.9. The molecule has 0 aliphatic heterocycles. The Kier molecular flexibility index (Phi) is 6.11. The van der Waals surface area contributed by atoms with E-state index in [0.717, 1.165) is 46.3 Å². The van der Waals surface area contributed by atoms with Crippen LogP contribution in [0.3, 0.4) is 0 Å². The zero-order valence-corrected chi connectivity index (χ0v) is 18.6. The number of nitrogens with zero attached hydrogens (tertiary/aromatic N) is 2. The number of benzene rings is 2. The Bertz CT molecular complexity index is 1170. The van der Waals surface area contributed by atoms with Gasteiger partial charge in [0.25, 0.3) is 0 Å². The van der Waals surface area contributed by atoms with Gasteiger partial charge < -0.3 is 19.5 Å². The van der Waals surface area contributed by atoms with Gasteiger partial charge in [0.05, 0.1) is 23.9 Å². The number of ether oxygens (including phenoxy) is 3. The van der Waals surface area contributed by atoms with E-state index in [-0.39, 0.29) is 0 Å². The number of rotatable bonds is 9. The van der Waals surface area contributed by atoms with Crippen LogP contribution in [0.15, 0.2) is 36.4 Å². The van der Waals surface area contributed by atoms with Gasteiger partial charge in [-0.25, -0.2) is 4.98 Å². The second-order valence-corrected chi connectivity index (χ2v) is 8.08. The number of nitrogens with one attached hydrogen (secondary N) is 1. The molecule has 30 heavy (non-hydrogen) atoms. The molecule has 0 bridgehead atoms. The minimum absolute atomic E-state index is 0.591. The Morgan fingerprint density at radius 3 is 2.73 bits per heavy atom. The van der Waals surface area contributed by atoms with Crippen LogP contribution >= 0.6 is 11.3 Å². The molecule has 2 aromatic heterocycles. The van der Waals surface area contributed by atoms with Gasteiger partial charge in [-0.3, -0.25) is 4.40 Å². The quantitative estimate of drug-likeness (QED) is 0.365. The first-order chi connectivity index (χ1) is 14.7. The molecule has 1 N–H and O–H groups in total. The molecule has 0 fully saturated rings. The summed E-state index contributed by atoms with van der Waals surface area (Å²) in [5.41, 5.74) is 4.30. The summed E-state index contributed by atoms with van der Waals surface area (Å²) in [6, 6.07) is 12.5. The molecular formula is C23H27N3O3S. The summed E-state index contributed by atoms with van der Waals surface area (Å²) in [6.07, 6.45) is 0.914. The van der Waals surface area contributed by atoms with Crippen LogP contribution < -0.4 is 14.8 Å². The average Bonchev–Trinajstić information content (AvgIpc) is 3.27.